The molecule has 0 fully saturated rings. The summed E-state index contributed by atoms with van der Waals surface area (Å²) in [4.78, 5) is 13.2. The zero-order valence-corrected chi connectivity index (χ0v) is 12.7. The number of hydrogen-bond acceptors (Lipinski definition) is 3. The SMILES string of the molecule is [Cl-].[Pd].c1ccc(-c2cccc(-c3ccccn3)n2)nc1. The Bertz CT molecular complexity index is 593. The standard InChI is InChI=1S/C15H11N3.ClH.Pd/c1-3-10-16-12(6-1)14-8-5-9-15(18-14)13-7-2-4-11-17-13;;/h1-11H;1H;/p-1. The predicted octanol–water partition coefficient (Wildman–Crippen LogP) is 0.207. The third-order valence-electron chi connectivity index (χ3n) is 2.60. The second-order valence-electron chi connectivity index (χ2n) is 3.84. The van der Waals surface area contributed by atoms with E-state index in [9.17, 15) is 0 Å². The summed E-state index contributed by atoms with van der Waals surface area (Å²) < 4.78 is 0. The Hall–Kier alpha value is -1.60. The summed E-state index contributed by atoms with van der Waals surface area (Å²) in [6.45, 7) is 0. The van der Waals surface area contributed by atoms with E-state index in [2.05, 4.69) is 15.0 Å². The Labute approximate surface area is 137 Å². The van der Waals surface area contributed by atoms with Gasteiger partial charge in [-0.2, -0.15) is 0 Å². The van der Waals surface area contributed by atoms with E-state index in [1.807, 2.05) is 54.6 Å². The van der Waals surface area contributed by atoms with Gasteiger partial charge in [0.15, 0.2) is 0 Å². The van der Waals surface area contributed by atoms with Crippen LogP contribution in [0.2, 0.25) is 0 Å². The summed E-state index contributed by atoms with van der Waals surface area (Å²) in [7, 11) is 0. The van der Waals surface area contributed by atoms with Crippen molar-refractivity contribution in [2.75, 3.05) is 0 Å². The third-order valence-corrected chi connectivity index (χ3v) is 2.60. The summed E-state index contributed by atoms with van der Waals surface area (Å²) in [6.07, 6.45) is 3.54. The van der Waals surface area contributed by atoms with Gasteiger partial charge in [-0.25, -0.2) is 4.98 Å². The molecule has 3 heterocycles. The van der Waals surface area contributed by atoms with Gasteiger partial charge in [0, 0.05) is 32.8 Å². The Morgan fingerprint density at radius 1 is 0.550 bits per heavy atom. The maximum Gasteiger partial charge on any atom is 0.0894 e. The van der Waals surface area contributed by atoms with Gasteiger partial charge in [0.1, 0.15) is 0 Å². The Morgan fingerprint density at radius 3 is 1.40 bits per heavy atom. The van der Waals surface area contributed by atoms with Crippen molar-refractivity contribution in [1.29, 1.82) is 0 Å². The van der Waals surface area contributed by atoms with Crippen molar-refractivity contribution in [3.8, 4) is 22.8 Å². The zero-order valence-electron chi connectivity index (χ0n) is 10.4. The van der Waals surface area contributed by atoms with Gasteiger partial charge in [-0.1, -0.05) is 18.2 Å². The fourth-order valence-corrected chi connectivity index (χ4v) is 1.75. The average Bonchev–Trinajstić information content (AvgIpc) is 2.49. The fraction of sp³-hybridized carbons (Fsp3) is 0. The molecule has 3 rings (SSSR count). The van der Waals surface area contributed by atoms with Gasteiger partial charge in [-0.3, -0.25) is 9.97 Å². The summed E-state index contributed by atoms with van der Waals surface area (Å²) in [5.41, 5.74) is 3.46. The molecule has 0 amide bonds. The quantitative estimate of drug-likeness (QED) is 0.602. The first kappa shape index (κ1) is 16.5. The maximum atomic E-state index is 4.59. The van der Waals surface area contributed by atoms with Crippen molar-refractivity contribution >= 4 is 0 Å². The molecule has 0 N–H and O–H groups in total. The molecular weight excluding hydrogens is 364 g/mol. The van der Waals surface area contributed by atoms with Crippen LogP contribution in [-0.2, 0) is 20.4 Å². The Kier molecular flexibility index (Phi) is 6.47. The number of aromatic nitrogens is 3. The van der Waals surface area contributed by atoms with Gasteiger partial charge >= 0.3 is 0 Å². The molecule has 20 heavy (non-hydrogen) atoms. The van der Waals surface area contributed by atoms with Gasteiger partial charge < -0.3 is 12.4 Å². The van der Waals surface area contributed by atoms with Crippen molar-refractivity contribution in [3.63, 3.8) is 0 Å². The van der Waals surface area contributed by atoms with Crippen LogP contribution in [0, 0.1) is 0 Å². The van der Waals surface area contributed by atoms with Gasteiger partial charge in [-0.05, 0) is 36.4 Å². The monoisotopic (exact) mass is 374 g/mol. The van der Waals surface area contributed by atoms with E-state index >= 15 is 0 Å². The van der Waals surface area contributed by atoms with E-state index in [-0.39, 0.29) is 32.8 Å². The van der Waals surface area contributed by atoms with E-state index in [1.165, 1.54) is 0 Å². The van der Waals surface area contributed by atoms with E-state index < -0.39 is 0 Å². The average molecular weight is 375 g/mol. The van der Waals surface area contributed by atoms with E-state index in [0.717, 1.165) is 22.8 Å². The molecule has 0 aliphatic heterocycles. The minimum atomic E-state index is 0. The van der Waals surface area contributed by atoms with Gasteiger partial charge in [0.25, 0.3) is 0 Å². The molecule has 104 valence electrons. The van der Waals surface area contributed by atoms with Crippen LogP contribution in [0.15, 0.2) is 67.0 Å². The number of rotatable bonds is 2. The molecule has 0 bridgehead atoms. The van der Waals surface area contributed by atoms with E-state index in [4.69, 9.17) is 0 Å². The minimum absolute atomic E-state index is 0. The number of pyridine rings is 3. The smallest absolute Gasteiger partial charge is 0.0894 e. The molecule has 3 nitrogen and oxygen atoms in total. The fourth-order valence-electron chi connectivity index (χ4n) is 1.75. The van der Waals surface area contributed by atoms with Gasteiger partial charge in [0.2, 0.25) is 0 Å². The van der Waals surface area contributed by atoms with Crippen molar-refractivity contribution < 1.29 is 32.8 Å². The van der Waals surface area contributed by atoms with Gasteiger partial charge in [0.05, 0.1) is 22.8 Å². The summed E-state index contributed by atoms with van der Waals surface area (Å²) in [5, 5.41) is 0. The van der Waals surface area contributed by atoms with Crippen molar-refractivity contribution in [3.05, 3.63) is 67.0 Å². The minimum Gasteiger partial charge on any atom is -1.00 e. The Balaban J connectivity index is 0.000001000. The Morgan fingerprint density at radius 2 is 1.00 bits per heavy atom. The van der Waals surface area contributed by atoms with Crippen LogP contribution in [0.3, 0.4) is 0 Å². The molecule has 3 aromatic heterocycles. The van der Waals surface area contributed by atoms with Crippen LogP contribution >= 0.6 is 0 Å². The number of halogens is 1. The normalized spacial score (nSPS) is 9.20. The van der Waals surface area contributed by atoms with E-state index in [1.54, 1.807) is 12.4 Å². The van der Waals surface area contributed by atoms with Crippen molar-refractivity contribution in [1.82, 2.24) is 15.0 Å². The summed E-state index contributed by atoms with van der Waals surface area (Å²) >= 11 is 0. The first-order chi connectivity index (χ1) is 8.93. The van der Waals surface area contributed by atoms with Crippen LogP contribution in [0.25, 0.3) is 22.8 Å². The third kappa shape index (κ3) is 3.71. The molecule has 3 aromatic rings. The molecule has 0 spiro atoms. The molecule has 0 atom stereocenters. The summed E-state index contributed by atoms with van der Waals surface area (Å²) in [6, 6.07) is 17.5. The topological polar surface area (TPSA) is 38.7 Å². The van der Waals surface area contributed by atoms with Crippen LogP contribution in [0.1, 0.15) is 0 Å². The van der Waals surface area contributed by atoms with Crippen molar-refractivity contribution in [2.45, 2.75) is 0 Å². The van der Waals surface area contributed by atoms with Crippen LogP contribution in [-0.4, -0.2) is 15.0 Å². The molecule has 0 aliphatic rings. The number of nitrogens with zero attached hydrogens (tertiary/aromatic N) is 3. The first-order valence-corrected chi connectivity index (χ1v) is 5.73. The van der Waals surface area contributed by atoms with Crippen molar-refractivity contribution in [2.24, 2.45) is 0 Å². The molecule has 0 aliphatic carbocycles. The zero-order chi connectivity index (χ0) is 12.2. The van der Waals surface area contributed by atoms with Crippen LogP contribution in [0.4, 0.5) is 0 Å². The van der Waals surface area contributed by atoms with Crippen LogP contribution < -0.4 is 12.4 Å². The molecule has 0 aromatic carbocycles. The molecule has 0 saturated heterocycles. The number of hydrogen-bond donors (Lipinski definition) is 0. The predicted molar refractivity (Wildman–Crippen MR) is 70.7 cm³/mol. The van der Waals surface area contributed by atoms with Gasteiger partial charge in [-0.15, -0.1) is 0 Å². The molecule has 0 saturated carbocycles. The first-order valence-electron chi connectivity index (χ1n) is 5.73. The molecule has 5 heteroatoms. The molecule has 0 radical (unpaired) electrons. The maximum absolute atomic E-state index is 4.59. The summed E-state index contributed by atoms with van der Waals surface area (Å²) in [5.74, 6) is 0. The second-order valence-corrected chi connectivity index (χ2v) is 3.84. The van der Waals surface area contributed by atoms with Crippen LogP contribution in [0.5, 0.6) is 0 Å². The largest absolute Gasteiger partial charge is 1.00 e. The second kappa shape index (κ2) is 7.86. The van der Waals surface area contributed by atoms with E-state index in [0.29, 0.717) is 0 Å². The molecular formula is C15H11ClN3Pd-. The molecule has 0 unspecified atom stereocenters.